The summed E-state index contributed by atoms with van der Waals surface area (Å²) < 4.78 is 2.57. The Morgan fingerprint density at radius 2 is 1.51 bits per heavy atom. The van der Waals surface area contributed by atoms with E-state index in [9.17, 15) is 9.90 Å². The zero-order valence-electron chi connectivity index (χ0n) is 25.9. The minimum atomic E-state index is -0.417. The van der Waals surface area contributed by atoms with E-state index in [0.29, 0.717) is 0 Å². The number of carbonyl (C=O) groups excluding carboxylic acids is 1. The average Bonchev–Trinajstić information content (AvgIpc) is 3.30. The van der Waals surface area contributed by atoms with E-state index in [1.165, 1.54) is 42.4 Å². The Morgan fingerprint density at radius 3 is 2.21 bits per heavy atom. The summed E-state index contributed by atoms with van der Waals surface area (Å²) in [6, 6.07) is 25.0. The molecule has 6 heteroatoms. The Bertz CT molecular complexity index is 2010. The topological polar surface area (TPSA) is 63.1 Å². The van der Waals surface area contributed by atoms with Crippen molar-refractivity contribution in [2.45, 2.75) is 55.4 Å². The van der Waals surface area contributed by atoms with E-state index in [1.807, 2.05) is 59.1 Å². The summed E-state index contributed by atoms with van der Waals surface area (Å²) in [7, 11) is 0. The Labute approximate surface area is 271 Å². The van der Waals surface area contributed by atoms with Crippen LogP contribution in [-0.2, 0) is 24.9 Å². The van der Waals surface area contributed by atoms with Crippen molar-refractivity contribution in [3.8, 4) is 11.3 Å². The molecule has 223 valence electrons. The van der Waals surface area contributed by atoms with Gasteiger partial charge in [0.05, 0.1) is 0 Å². The molecule has 0 spiro atoms. The van der Waals surface area contributed by atoms with Gasteiger partial charge >= 0.3 is 0 Å². The van der Waals surface area contributed by atoms with Crippen molar-refractivity contribution < 1.29 is 30.0 Å². The smallest absolute Gasteiger partial charge is 0.164 e. The molecule has 0 bridgehead atoms. The normalized spacial score (nSPS) is 12.3. The number of hydrogen-bond acceptors (Lipinski definition) is 5. The van der Waals surface area contributed by atoms with Crippen LogP contribution < -0.4 is 0 Å². The number of benzene rings is 3. The molecule has 0 saturated carbocycles. The number of rotatable bonds is 2. The second-order valence-electron chi connectivity index (χ2n) is 12.9. The molecule has 0 fully saturated rings. The molecule has 1 radical (unpaired) electrons. The number of carbonyl (C=O) groups is 1. The first-order valence-electron chi connectivity index (χ1n) is 14.2. The first-order chi connectivity index (χ1) is 19.7. The third-order valence-corrected chi connectivity index (χ3v) is 8.55. The number of allylic oxidation sites excluding steroid dienone is 2. The number of aliphatic hydroxyl groups is 1. The van der Waals surface area contributed by atoms with Gasteiger partial charge in [-0.1, -0.05) is 77.3 Å². The molecule has 6 rings (SSSR count). The number of aromatic nitrogens is 2. The van der Waals surface area contributed by atoms with Gasteiger partial charge in [0.15, 0.2) is 5.78 Å². The van der Waals surface area contributed by atoms with Crippen molar-refractivity contribution in [2.75, 3.05) is 0 Å². The number of hydrogen-bond donors (Lipinski definition) is 1. The van der Waals surface area contributed by atoms with E-state index >= 15 is 0 Å². The van der Waals surface area contributed by atoms with Crippen LogP contribution in [0, 0.1) is 30.7 Å². The fourth-order valence-electron chi connectivity index (χ4n) is 4.89. The second-order valence-corrected chi connectivity index (χ2v) is 14.0. The molecular formula is C37H37IrN2O2S-. The van der Waals surface area contributed by atoms with E-state index in [-0.39, 0.29) is 37.1 Å². The Hall–Kier alpha value is -3.44. The predicted molar refractivity (Wildman–Crippen MR) is 178 cm³/mol. The van der Waals surface area contributed by atoms with Crippen LogP contribution in [0.15, 0.2) is 78.7 Å². The number of aryl methyl sites for hydroxylation is 2. The standard InChI is InChI=1S/C26H17N2S.C11H20O2.Ir/c1-15-13-22-18(16(2)28-15)8-9-21-19(22)11-12-27-26(21)17-7-10-25-23(14-17)20-5-3-4-6-24(20)29-25;1-10(2,3)8(12)7-9(13)11(4,5)6;/h3-6,8-14H,1-2H3;7,12H,1-6H3;/q-1;;/b;8-7-;. The van der Waals surface area contributed by atoms with Gasteiger partial charge in [0.25, 0.3) is 0 Å². The number of fused-ring (bicyclic) bond motifs is 6. The van der Waals surface area contributed by atoms with Crippen LogP contribution in [0.5, 0.6) is 0 Å². The van der Waals surface area contributed by atoms with Gasteiger partial charge < -0.3 is 10.1 Å². The molecular weight excluding hydrogens is 729 g/mol. The zero-order chi connectivity index (χ0) is 30.4. The summed E-state index contributed by atoms with van der Waals surface area (Å²) in [5.74, 6) is 0.104. The van der Waals surface area contributed by atoms with E-state index in [0.717, 1.165) is 28.0 Å². The first kappa shape index (κ1) is 32.5. The van der Waals surface area contributed by atoms with Crippen LogP contribution in [0.4, 0.5) is 0 Å². The molecule has 3 aromatic heterocycles. The van der Waals surface area contributed by atoms with Crippen molar-refractivity contribution in [2.24, 2.45) is 10.8 Å². The van der Waals surface area contributed by atoms with Crippen molar-refractivity contribution in [3.05, 3.63) is 96.1 Å². The average molecular weight is 766 g/mol. The third kappa shape index (κ3) is 6.72. The van der Waals surface area contributed by atoms with Gasteiger partial charge in [-0.25, -0.2) is 0 Å². The van der Waals surface area contributed by atoms with Crippen LogP contribution in [0.1, 0.15) is 52.9 Å². The Balaban J connectivity index is 0.000000260. The molecule has 0 saturated heterocycles. The summed E-state index contributed by atoms with van der Waals surface area (Å²) >= 11 is 1.82. The minimum absolute atomic E-state index is 0. The second kappa shape index (κ2) is 12.3. The summed E-state index contributed by atoms with van der Waals surface area (Å²) in [6.45, 7) is 15.2. The molecule has 0 unspecified atom stereocenters. The molecule has 43 heavy (non-hydrogen) atoms. The van der Waals surface area contributed by atoms with Gasteiger partial charge in [-0.2, -0.15) is 11.3 Å². The quantitative estimate of drug-likeness (QED) is 0.0825. The maximum Gasteiger partial charge on any atom is 0.164 e. The van der Waals surface area contributed by atoms with Crippen LogP contribution in [0.25, 0.3) is 53.0 Å². The summed E-state index contributed by atoms with van der Waals surface area (Å²) in [6.07, 6.45) is 3.24. The Kier molecular flexibility index (Phi) is 9.27. The van der Waals surface area contributed by atoms with Gasteiger partial charge in [-0.05, 0) is 64.0 Å². The molecule has 0 atom stereocenters. The van der Waals surface area contributed by atoms with Crippen molar-refractivity contribution in [1.82, 2.24) is 9.97 Å². The number of ketones is 1. The van der Waals surface area contributed by atoms with Gasteiger partial charge in [-0.3, -0.25) is 9.78 Å². The number of thiophene rings is 1. The largest absolute Gasteiger partial charge is 0.512 e. The van der Waals surface area contributed by atoms with Crippen LogP contribution >= 0.6 is 11.3 Å². The van der Waals surface area contributed by atoms with E-state index in [2.05, 4.69) is 85.6 Å². The van der Waals surface area contributed by atoms with Crippen molar-refractivity contribution in [1.29, 1.82) is 0 Å². The summed E-state index contributed by atoms with van der Waals surface area (Å²) in [5, 5.41) is 16.9. The van der Waals surface area contributed by atoms with Crippen LogP contribution in [0.2, 0.25) is 0 Å². The molecule has 3 heterocycles. The van der Waals surface area contributed by atoms with Crippen LogP contribution in [-0.4, -0.2) is 20.9 Å². The molecule has 1 N–H and O–H groups in total. The van der Waals surface area contributed by atoms with Gasteiger partial charge in [-0.15, -0.1) is 23.8 Å². The minimum Gasteiger partial charge on any atom is -0.512 e. The fraction of sp³-hybridized carbons (Fsp3) is 0.270. The summed E-state index contributed by atoms with van der Waals surface area (Å²) in [5.41, 5.74) is 3.36. The van der Waals surface area contributed by atoms with Gasteiger partial charge in [0.1, 0.15) is 5.76 Å². The number of nitrogens with zero attached hydrogens (tertiary/aromatic N) is 2. The molecule has 4 nitrogen and oxygen atoms in total. The predicted octanol–water partition coefficient (Wildman–Crippen LogP) is 10.3. The van der Waals surface area contributed by atoms with E-state index in [4.69, 9.17) is 4.98 Å². The molecule has 0 amide bonds. The van der Waals surface area contributed by atoms with E-state index < -0.39 is 5.41 Å². The molecule has 0 aliphatic heterocycles. The SMILES string of the molecule is CC(C)(C)C(=O)/C=C(\O)C(C)(C)C.Cc1cc2c(ccc3c(-c4[c-]cc5sc6ccccc6c5c4)nccc32)c(C)n1.[Ir]. The Morgan fingerprint density at radius 1 is 0.814 bits per heavy atom. The summed E-state index contributed by atoms with van der Waals surface area (Å²) in [4.78, 5) is 20.9. The molecule has 0 aliphatic carbocycles. The number of pyridine rings is 2. The van der Waals surface area contributed by atoms with Crippen molar-refractivity contribution in [3.63, 3.8) is 0 Å². The molecule has 3 aromatic carbocycles. The van der Waals surface area contributed by atoms with E-state index in [1.54, 1.807) is 0 Å². The maximum atomic E-state index is 11.5. The van der Waals surface area contributed by atoms with Gasteiger partial charge in [0.2, 0.25) is 0 Å². The van der Waals surface area contributed by atoms with Gasteiger partial charge in [0, 0.05) is 64.7 Å². The fourth-order valence-corrected chi connectivity index (χ4v) is 5.96. The van der Waals surface area contributed by atoms with Crippen molar-refractivity contribution >= 4 is 58.8 Å². The molecule has 0 aliphatic rings. The maximum absolute atomic E-state index is 11.5. The monoisotopic (exact) mass is 766 g/mol. The molecule has 6 aromatic rings. The third-order valence-electron chi connectivity index (χ3n) is 7.41. The van der Waals surface area contributed by atoms with Crippen LogP contribution in [0.3, 0.4) is 0 Å². The zero-order valence-corrected chi connectivity index (χ0v) is 29.1. The number of aliphatic hydroxyl groups excluding tert-OH is 1. The first-order valence-corrected chi connectivity index (χ1v) is 15.0.